The van der Waals surface area contributed by atoms with Crippen LogP contribution in [0.1, 0.15) is 26.3 Å². The zero-order valence-electron chi connectivity index (χ0n) is 10.2. The number of aromatic nitrogens is 1. The van der Waals surface area contributed by atoms with Crippen LogP contribution in [-0.4, -0.2) is 21.8 Å². The first-order chi connectivity index (χ1) is 9.65. The van der Waals surface area contributed by atoms with E-state index in [0.29, 0.717) is 22.2 Å². The van der Waals surface area contributed by atoms with E-state index in [1.54, 1.807) is 30.3 Å². The van der Waals surface area contributed by atoms with Crippen LogP contribution in [0.25, 0.3) is 11.1 Å². The van der Waals surface area contributed by atoms with Crippen molar-refractivity contribution in [3.8, 4) is 0 Å². The number of hydrogen-bond donors (Lipinski definition) is 1. The molecule has 3 aromatic rings. The van der Waals surface area contributed by atoms with Gasteiger partial charge in [0.2, 0.25) is 0 Å². The highest BCUT2D eigenvalue weighted by Crippen LogP contribution is 2.18. The molecular formula is C15H9NO4. The maximum atomic E-state index is 12.3. The van der Waals surface area contributed by atoms with E-state index in [4.69, 9.17) is 9.52 Å². The summed E-state index contributed by atoms with van der Waals surface area (Å²) in [6, 6.07) is 10.9. The van der Waals surface area contributed by atoms with Crippen LogP contribution in [0.15, 0.2) is 53.3 Å². The Kier molecular flexibility index (Phi) is 2.80. The van der Waals surface area contributed by atoms with Crippen LogP contribution >= 0.6 is 0 Å². The van der Waals surface area contributed by atoms with E-state index in [1.807, 2.05) is 0 Å². The van der Waals surface area contributed by atoms with Crippen molar-refractivity contribution in [2.75, 3.05) is 0 Å². The molecule has 98 valence electrons. The summed E-state index contributed by atoms with van der Waals surface area (Å²) < 4.78 is 5.15. The number of benzene rings is 2. The maximum absolute atomic E-state index is 12.3. The minimum atomic E-state index is -1.06. The average molecular weight is 267 g/mol. The Balaban J connectivity index is 2.03. The monoisotopic (exact) mass is 267 g/mol. The molecule has 0 spiro atoms. The van der Waals surface area contributed by atoms with Gasteiger partial charge in [-0.15, -0.1) is 0 Å². The van der Waals surface area contributed by atoms with Gasteiger partial charge in [-0.05, 0) is 30.3 Å². The van der Waals surface area contributed by atoms with Gasteiger partial charge in [0.15, 0.2) is 17.8 Å². The van der Waals surface area contributed by atoms with Crippen molar-refractivity contribution in [1.29, 1.82) is 0 Å². The van der Waals surface area contributed by atoms with Gasteiger partial charge in [0.1, 0.15) is 5.52 Å². The molecule has 0 atom stereocenters. The quantitative estimate of drug-likeness (QED) is 0.738. The van der Waals surface area contributed by atoms with Gasteiger partial charge in [-0.2, -0.15) is 0 Å². The molecule has 0 saturated carbocycles. The van der Waals surface area contributed by atoms with Crippen LogP contribution in [0.4, 0.5) is 0 Å². The lowest BCUT2D eigenvalue weighted by molar-refractivity contribution is 0.0697. The fourth-order valence-corrected chi connectivity index (χ4v) is 1.96. The molecule has 2 aromatic carbocycles. The second kappa shape index (κ2) is 4.62. The summed E-state index contributed by atoms with van der Waals surface area (Å²) in [6.45, 7) is 0. The van der Waals surface area contributed by atoms with Gasteiger partial charge >= 0.3 is 5.97 Å². The van der Waals surface area contributed by atoms with Crippen molar-refractivity contribution in [3.05, 3.63) is 65.5 Å². The molecule has 0 aliphatic carbocycles. The van der Waals surface area contributed by atoms with Crippen LogP contribution in [0.3, 0.4) is 0 Å². The van der Waals surface area contributed by atoms with Gasteiger partial charge in [0, 0.05) is 11.1 Å². The van der Waals surface area contributed by atoms with Crippen LogP contribution in [0.2, 0.25) is 0 Å². The number of fused-ring (bicyclic) bond motifs is 1. The summed E-state index contributed by atoms with van der Waals surface area (Å²) in [5.41, 5.74) is 2.02. The smallest absolute Gasteiger partial charge is 0.335 e. The molecule has 0 bridgehead atoms. The maximum Gasteiger partial charge on any atom is 0.335 e. The highest BCUT2D eigenvalue weighted by molar-refractivity contribution is 6.11. The summed E-state index contributed by atoms with van der Waals surface area (Å²) in [6.07, 6.45) is 1.31. The van der Waals surface area contributed by atoms with Crippen LogP contribution in [0.5, 0.6) is 0 Å². The topological polar surface area (TPSA) is 80.4 Å². The zero-order chi connectivity index (χ0) is 14.1. The number of carbonyl (C=O) groups excluding carboxylic acids is 1. The molecule has 0 aliphatic rings. The number of aromatic carboxylic acids is 1. The molecule has 5 nitrogen and oxygen atoms in total. The second-order valence-corrected chi connectivity index (χ2v) is 4.25. The molecular weight excluding hydrogens is 258 g/mol. The van der Waals surface area contributed by atoms with Gasteiger partial charge in [-0.3, -0.25) is 4.79 Å². The zero-order valence-corrected chi connectivity index (χ0v) is 10.2. The Morgan fingerprint density at radius 2 is 1.75 bits per heavy atom. The lowest BCUT2D eigenvalue weighted by atomic mass is 10.0. The van der Waals surface area contributed by atoms with E-state index in [-0.39, 0.29) is 11.3 Å². The lowest BCUT2D eigenvalue weighted by Gasteiger charge is -2.02. The van der Waals surface area contributed by atoms with E-state index >= 15 is 0 Å². The van der Waals surface area contributed by atoms with Crippen molar-refractivity contribution >= 4 is 22.9 Å². The number of oxazole rings is 1. The number of nitrogens with zero attached hydrogens (tertiary/aromatic N) is 1. The lowest BCUT2D eigenvalue weighted by Crippen LogP contribution is -2.04. The highest BCUT2D eigenvalue weighted by Gasteiger charge is 2.13. The van der Waals surface area contributed by atoms with E-state index in [0.717, 1.165) is 0 Å². The third-order valence-corrected chi connectivity index (χ3v) is 2.97. The molecule has 0 radical (unpaired) electrons. The Bertz CT molecular complexity index is 819. The molecule has 0 fully saturated rings. The molecule has 0 saturated heterocycles. The summed E-state index contributed by atoms with van der Waals surface area (Å²) in [7, 11) is 0. The Labute approximate surface area is 113 Å². The first kappa shape index (κ1) is 12.1. The summed E-state index contributed by atoms with van der Waals surface area (Å²) in [4.78, 5) is 27.2. The first-order valence-electron chi connectivity index (χ1n) is 5.86. The third kappa shape index (κ3) is 2.05. The number of carbonyl (C=O) groups is 2. The van der Waals surface area contributed by atoms with Crippen molar-refractivity contribution in [2.45, 2.75) is 0 Å². The standard InChI is InChI=1S/C15H9NO4/c17-14(9-2-1-3-11(6-9)15(18)19)10-4-5-12-13(7-10)20-8-16-12/h1-8H,(H,18,19). The average Bonchev–Trinajstić information content (AvgIpc) is 2.94. The van der Waals surface area contributed by atoms with Gasteiger partial charge in [0.05, 0.1) is 5.56 Å². The summed E-state index contributed by atoms with van der Waals surface area (Å²) in [5.74, 6) is -1.32. The molecule has 0 amide bonds. The normalized spacial score (nSPS) is 10.6. The Hall–Kier alpha value is -2.95. The van der Waals surface area contributed by atoms with Gasteiger partial charge in [-0.25, -0.2) is 9.78 Å². The predicted molar refractivity (Wildman–Crippen MR) is 70.8 cm³/mol. The number of hydrogen-bond acceptors (Lipinski definition) is 4. The van der Waals surface area contributed by atoms with Crippen LogP contribution < -0.4 is 0 Å². The SMILES string of the molecule is O=C(O)c1cccc(C(=O)c2ccc3ncoc3c2)c1. The van der Waals surface area contributed by atoms with Crippen molar-refractivity contribution in [1.82, 2.24) is 4.98 Å². The first-order valence-corrected chi connectivity index (χ1v) is 5.86. The van der Waals surface area contributed by atoms with E-state index in [2.05, 4.69) is 4.98 Å². The van der Waals surface area contributed by atoms with Crippen LogP contribution in [0, 0.1) is 0 Å². The summed E-state index contributed by atoms with van der Waals surface area (Å²) >= 11 is 0. The second-order valence-electron chi connectivity index (χ2n) is 4.25. The molecule has 1 heterocycles. The van der Waals surface area contributed by atoms with Crippen molar-refractivity contribution in [3.63, 3.8) is 0 Å². The van der Waals surface area contributed by atoms with Gasteiger partial charge < -0.3 is 9.52 Å². The van der Waals surface area contributed by atoms with Crippen molar-refractivity contribution in [2.24, 2.45) is 0 Å². The van der Waals surface area contributed by atoms with Crippen molar-refractivity contribution < 1.29 is 19.1 Å². The minimum absolute atomic E-state index is 0.0802. The number of carboxylic acids is 1. The van der Waals surface area contributed by atoms with E-state index < -0.39 is 5.97 Å². The molecule has 5 heteroatoms. The highest BCUT2D eigenvalue weighted by atomic mass is 16.4. The fraction of sp³-hybridized carbons (Fsp3) is 0. The van der Waals surface area contributed by atoms with Gasteiger partial charge in [0.25, 0.3) is 0 Å². The van der Waals surface area contributed by atoms with E-state index in [1.165, 1.54) is 18.5 Å². The minimum Gasteiger partial charge on any atom is -0.478 e. The third-order valence-electron chi connectivity index (χ3n) is 2.97. The fourth-order valence-electron chi connectivity index (χ4n) is 1.96. The number of ketones is 1. The molecule has 20 heavy (non-hydrogen) atoms. The molecule has 0 unspecified atom stereocenters. The number of carboxylic acid groups (broad SMARTS) is 1. The van der Waals surface area contributed by atoms with E-state index in [9.17, 15) is 9.59 Å². The van der Waals surface area contributed by atoms with Gasteiger partial charge in [-0.1, -0.05) is 12.1 Å². The molecule has 1 N–H and O–H groups in total. The molecule has 3 rings (SSSR count). The Morgan fingerprint density at radius 1 is 1.00 bits per heavy atom. The molecule has 1 aromatic heterocycles. The summed E-state index contributed by atoms with van der Waals surface area (Å²) in [5, 5.41) is 8.94. The Morgan fingerprint density at radius 3 is 2.55 bits per heavy atom. The predicted octanol–water partition coefficient (Wildman–Crippen LogP) is 2.76. The van der Waals surface area contributed by atoms with Crippen LogP contribution in [-0.2, 0) is 0 Å². The number of rotatable bonds is 3. The largest absolute Gasteiger partial charge is 0.478 e. The molecule has 0 aliphatic heterocycles.